The predicted molar refractivity (Wildman–Crippen MR) is 106 cm³/mol. The highest BCUT2D eigenvalue weighted by molar-refractivity contribution is 6.15. The van der Waals surface area contributed by atoms with Crippen LogP contribution in [0.15, 0.2) is 48.3 Å². The minimum atomic E-state index is -1.28. The number of carbonyl (C=O) groups excluding carboxylic acids is 3. The lowest BCUT2D eigenvalue weighted by molar-refractivity contribution is -0.222. The molecule has 0 unspecified atom stereocenters. The molecule has 2 heterocycles. The molecule has 1 aliphatic rings. The van der Waals surface area contributed by atoms with Crippen molar-refractivity contribution < 1.29 is 28.6 Å². The summed E-state index contributed by atoms with van der Waals surface area (Å²) in [5.41, 5.74) is 1.41. The highest BCUT2D eigenvalue weighted by atomic mass is 16.7. The van der Waals surface area contributed by atoms with Crippen LogP contribution in [0.5, 0.6) is 0 Å². The van der Waals surface area contributed by atoms with Gasteiger partial charge in [0.25, 0.3) is 11.7 Å². The van der Waals surface area contributed by atoms with Crippen molar-refractivity contribution >= 4 is 23.5 Å². The van der Waals surface area contributed by atoms with Gasteiger partial charge in [-0.25, -0.2) is 14.3 Å². The average Bonchev–Trinajstić information content (AvgIpc) is 3.17. The normalized spacial score (nSPS) is 15.2. The third kappa shape index (κ3) is 5.03. The van der Waals surface area contributed by atoms with Crippen molar-refractivity contribution in [3.05, 3.63) is 54.0 Å². The molecular formula is C20H22N4O6. The van der Waals surface area contributed by atoms with Gasteiger partial charge in [-0.1, -0.05) is 0 Å². The topological polar surface area (TPSA) is 121 Å². The fourth-order valence-electron chi connectivity index (χ4n) is 2.59. The van der Waals surface area contributed by atoms with Gasteiger partial charge in [-0.3, -0.25) is 4.79 Å². The number of cyclic esters (lactones) is 2. The van der Waals surface area contributed by atoms with Crippen LogP contribution in [0.3, 0.4) is 0 Å². The van der Waals surface area contributed by atoms with Crippen molar-refractivity contribution in [2.45, 2.75) is 19.6 Å². The molecule has 3 rings (SSSR count). The Kier molecular flexibility index (Phi) is 6.17. The number of nitrogens with one attached hydrogen (secondary N) is 2. The van der Waals surface area contributed by atoms with E-state index in [1.807, 2.05) is 0 Å². The van der Waals surface area contributed by atoms with E-state index in [1.54, 1.807) is 48.3 Å². The highest BCUT2D eigenvalue weighted by Gasteiger charge is 2.38. The van der Waals surface area contributed by atoms with Crippen LogP contribution in [0.4, 0.5) is 5.69 Å². The zero-order chi connectivity index (χ0) is 21.7. The van der Waals surface area contributed by atoms with Crippen LogP contribution in [-0.4, -0.2) is 53.7 Å². The Balaban J connectivity index is 1.64. The van der Waals surface area contributed by atoms with Gasteiger partial charge in [0.2, 0.25) is 0 Å². The van der Waals surface area contributed by atoms with Crippen molar-refractivity contribution in [2.75, 3.05) is 25.6 Å². The maximum atomic E-state index is 12.0. The number of nitrogens with zero attached hydrogens (tertiary/aromatic N) is 2. The first kappa shape index (κ1) is 21.1. The molecule has 10 heteroatoms. The van der Waals surface area contributed by atoms with Crippen LogP contribution < -0.4 is 10.6 Å². The van der Waals surface area contributed by atoms with Crippen LogP contribution >= 0.6 is 0 Å². The van der Waals surface area contributed by atoms with Crippen LogP contribution in [0.1, 0.15) is 24.3 Å². The van der Waals surface area contributed by atoms with Gasteiger partial charge in [-0.2, -0.15) is 5.10 Å². The number of hydrogen-bond donors (Lipinski definition) is 2. The Bertz CT molecular complexity index is 955. The summed E-state index contributed by atoms with van der Waals surface area (Å²) in [5.74, 6) is -3.08. The van der Waals surface area contributed by atoms with E-state index in [9.17, 15) is 14.4 Å². The summed E-state index contributed by atoms with van der Waals surface area (Å²) in [7, 11) is 1.56. The molecular weight excluding hydrogens is 392 g/mol. The van der Waals surface area contributed by atoms with E-state index in [0.717, 1.165) is 5.69 Å². The number of hydrogen-bond acceptors (Lipinski definition) is 8. The molecule has 30 heavy (non-hydrogen) atoms. The Morgan fingerprint density at radius 1 is 1.17 bits per heavy atom. The molecule has 1 aliphatic heterocycles. The fourth-order valence-corrected chi connectivity index (χ4v) is 2.59. The molecule has 158 valence electrons. The largest absolute Gasteiger partial charge is 0.419 e. The summed E-state index contributed by atoms with van der Waals surface area (Å²) < 4.78 is 16.5. The predicted octanol–water partition coefficient (Wildman–Crippen LogP) is 1.38. The second kappa shape index (κ2) is 8.78. The average molecular weight is 414 g/mol. The molecule has 2 aromatic rings. The van der Waals surface area contributed by atoms with Gasteiger partial charge in [-0.05, 0) is 30.3 Å². The number of ether oxygens (including phenoxy) is 3. The van der Waals surface area contributed by atoms with E-state index >= 15 is 0 Å². The van der Waals surface area contributed by atoms with Gasteiger partial charge >= 0.3 is 11.9 Å². The van der Waals surface area contributed by atoms with Gasteiger partial charge in [-0.15, -0.1) is 0 Å². The second-order valence-corrected chi connectivity index (χ2v) is 6.82. The Morgan fingerprint density at radius 2 is 1.83 bits per heavy atom. The minimum absolute atomic E-state index is 0.227. The summed E-state index contributed by atoms with van der Waals surface area (Å²) in [5, 5.41) is 9.82. The first-order chi connectivity index (χ1) is 14.3. The lowest BCUT2D eigenvalue weighted by atomic mass is 10.2. The zero-order valence-electron chi connectivity index (χ0n) is 16.8. The molecule has 1 fully saturated rings. The highest BCUT2D eigenvalue weighted by Crippen LogP contribution is 2.23. The number of esters is 2. The molecule has 1 aromatic carbocycles. The third-order valence-corrected chi connectivity index (χ3v) is 4.05. The number of methoxy groups -OCH3 is 1. The van der Waals surface area contributed by atoms with Crippen molar-refractivity contribution in [2.24, 2.45) is 0 Å². The van der Waals surface area contributed by atoms with E-state index in [0.29, 0.717) is 18.8 Å². The third-order valence-electron chi connectivity index (χ3n) is 4.05. The minimum Gasteiger partial charge on any atom is -0.419 e. The summed E-state index contributed by atoms with van der Waals surface area (Å²) in [6.07, 6.45) is 2.91. The molecule has 0 saturated carbocycles. The lowest BCUT2D eigenvalue weighted by Crippen LogP contribution is -2.42. The Labute approximate surface area is 172 Å². The first-order valence-electron chi connectivity index (χ1n) is 9.16. The molecule has 0 radical (unpaired) electrons. The quantitative estimate of drug-likeness (QED) is 0.302. The van der Waals surface area contributed by atoms with Gasteiger partial charge < -0.3 is 24.8 Å². The monoisotopic (exact) mass is 414 g/mol. The van der Waals surface area contributed by atoms with E-state index in [4.69, 9.17) is 14.2 Å². The molecule has 2 N–H and O–H groups in total. The van der Waals surface area contributed by atoms with Crippen molar-refractivity contribution in [3.63, 3.8) is 0 Å². The molecule has 1 amide bonds. The van der Waals surface area contributed by atoms with Crippen LogP contribution in [0.2, 0.25) is 0 Å². The van der Waals surface area contributed by atoms with Gasteiger partial charge in [0.1, 0.15) is 0 Å². The smallest absolute Gasteiger partial charge is 0.350 e. The Hall–Kier alpha value is -3.66. The van der Waals surface area contributed by atoms with Crippen molar-refractivity contribution in [3.8, 4) is 5.69 Å². The van der Waals surface area contributed by atoms with E-state index in [2.05, 4.69) is 15.7 Å². The fraction of sp³-hybridized carbons (Fsp3) is 0.300. The van der Waals surface area contributed by atoms with Crippen LogP contribution in [0, 0.1) is 0 Å². The van der Waals surface area contributed by atoms with Crippen molar-refractivity contribution in [1.29, 1.82) is 0 Å². The molecule has 0 bridgehead atoms. The van der Waals surface area contributed by atoms with Crippen LogP contribution in [-0.2, 0) is 23.8 Å². The number of benzene rings is 1. The molecule has 10 nitrogen and oxygen atoms in total. The molecule has 1 aromatic heterocycles. The molecule has 0 spiro atoms. The molecule has 1 saturated heterocycles. The molecule has 0 atom stereocenters. The van der Waals surface area contributed by atoms with E-state index in [-0.39, 0.29) is 17.2 Å². The van der Waals surface area contributed by atoms with Gasteiger partial charge in [0.05, 0.1) is 12.3 Å². The number of aromatic nitrogens is 2. The maximum absolute atomic E-state index is 12.0. The summed E-state index contributed by atoms with van der Waals surface area (Å²) in [4.78, 5) is 35.9. The lowest BCUT2D eigenvalue weighted by Gasteiger charge is -2.29. The summed E-state index contributed by atoms with van der Waals surface area (Å²) in [6, 6.07) is 8.61. The van der Waals surface area contributed by atoms with E-state index < -0.39 is 17.7 Å². The number of carbonyl (C=O) groups is 3. The van der Waals surface area contributed by atoms with Crippen molar-refractivity contribution in [1.82, 2.24) is 15.1 Å². The standard InChI is InChI=1S/C20H22N4O6/c1-20(2)29-18(26)15(19(27)30-20)12-22-13-4-6-14(7-5-13)24-10-8-16(23-24)17(25)21-9-11-28-3/h4-8,10,12,22H,9,11H2,1-3H3,(H,21,25). The van der Waals surface area contributed by atoms with Crippen LogP contribution in [0.25, 0.3) is 5.69 Å². The second-order valence-electron chi connectivity index (χ2n) is 6.82. The number of rotatable bonds is 7. The van der Waals surface area contributed by atoms with Gasteiger partial charge in [0, 0.05) is 45.6 Å². The zero-order valence-corrected chi connectivity index (χ0v) is 16.8. The maximum Gasteiger partial charge on any atom is 0.350 e. The summed E-state index contributed by atoms with van der Waals surface area (Å²) in [6.45, 7) is 3.78. The first-order valence-corrected chi connectivity index (χ1v) is 9.16. The number of anilines is 1. The SMILES string of the molecule is COCCNC(=O)c1ccn(-c2ccc(NC=C3C(=O)OC(C)(C)OC3=O)cc2)n1. The van der Waals surface area contributed by atoms with E-state index in [1.165, 1.54) is 20.0 Å². The Morgan fingerprint density at radius 3 is 2.47 bits per heavy atom. The number of amides is 1. The summed E-state index contributed by atoms with van der Waals surface area (Å²) >= 11 is 0. The molecule has 0 aliphatic carbocycles. The van der Waals surface area contributed by atoms with Gasteiger partial charge in [0.15, 0.2) is 11.3 Å².